The molecule has 0 unspecified atom stereocenters. The molecule has 0 aliphatic carbocycles. The lowest BCUT2D eigenvalue weighted by molar-refractivity contribution is -0.121. The van der Waals surface area contributed by atoms with E-state index in [1.807, 2.05) is 18.2 Å². The van der Waals surface area contributed by atoms with Gasteiger partial charge in [-0.2, -0.15) is 4.31 Å². The van der Waals surface area contributed by atoms with E-state index in [1.54, 1.807) is 20.1 Å². The first-order chi connectivity index (χ1) is 12.8. The van der Waals surface area contributed by atoms with E-state index in [9.17, 15) is 13.2 Å². The van der Waals surface area contributed by atoms with Crippen molar-refractivity contribution in [3.63, 3.8) is 0 Å². The Labute approximate surface area is 169 Å². The van der Waals surface area contributed by atoms with E-state index in [-0.39, 0.29) is 34.6 Å². The molecule has 2 aromatic rings. The quantitative estimate of drug-likeness (QED) is 0.696. The lowest BCUT2D eigenvalue weighted by Gasteiger charge is -2.21. The van der Waals surface area contributed by atoms with Gasteiger partial charge in [-0.25, -0.2) is 8.42 Å². The Balaban J connectivity index is 2.11. The number of sulfonamides is 1. The number of likely N-dealkylation sites (N-methyl/N-ethyl adjacent to an activating group) is 1. The van der Waals surface area contributed by atoms with Crippen LogP contribution in [0.25, 0.3) is 0 Å². The third-order valence-corrected chi connectivity index (χ3v) is 6.49. The van der Waals surface area contributed by atoms with Crippen molar-refractivity contribution < 1.29 is 17.9 Å². The van der Waals surface area contributed by atoms with Crippen molar-refractivity contribution in [1.82, 2.24) is 9.62 Å². The van der Waals surface area contributed by atoms with Crippen LogP contribution in [0.5, 0.6) is 5.75 Å². The zero-order valence-corrected chi connectivity index (χ0v) is 17.2. The molecule has 9 heteroatoms. The van der Waals surface area contributed by atoms with Crippen molar-refractivity contribution in [1.29, 1.82) is 0 Å². The number of rotatable bonds is 8. The molecule has 0 saturated heterocycles. The summed E-state index contributed by atoms with van der Waals surface area (Å²) in [5.41, 5.74) is 0.789. The van der Waals surface area contributed by atoms with Gasteiger partial charge in [0.05, 0.1) is 18.7 Å². The Hall–Kier alpha value is -1.80. The first-order valence-corrected chi connectivity index (χ1v) is 10.3. The van der Waals surface area contributed by atoms with Crippen molar-refractivity contribution in [3.8, 4) is 5.75 Å². The fourth-order valence-electron chi connectivity index (χ4n) is 2.44. The molecule has 1 N–H and O–H groups in total. The summed E-state index contributed by atoms with van der Waals surface area (Å²) in [5, 5.41) is 3.00. The summed E-state index contributed by atoms with van der Waals surface area (Å²) in [7, 11) is -2.42. The molecular formula is C18H20Cl2N2O4S. The van der Waals surface area contributed by atoms with Crippen molar-refractivity contribution in [3.05, 3.63) is 58.1 Å². The van der Waals surface area contributed by atoms with E-state index >= 15 is 0 Å². The van der Waals surface area contributed by atoms with Crippen molar-refractivity contribution in [2.75, 3.05) is 20.2 Å². The molecule has 0 spiro atoms. The van der Waals surface area contributed by atoms with Crippen molar-refractivity contribution in [2.24, 2.45) is 0 Å². The van der Waals surface area contributed by atoms with Gasteiger partial charge in [0.2, 0.25) is 15.9 Å². The van der Waals surface area contributed by atoms with Crippen LogP contribution < -0.4 is 10.1 Å². The van der Waals surface area contributed by atoms with Crippen LogP contribution in [0.1, 0.15) is 12.5 Å². The van der Waals surface area contributed by atoms with E-state index in [1.165, 1.54) is 18.2 Å². The zero-order chi connectivity index (χ0) is 20.0. The molecule has 0 aliphatic rings. The molecule has 0 radical (unpaired) electrons. The molecule has 27 heavy (non-hydrogen) atoms. The second-order valence-electron chi connectivity index (χ2n) is 5.59. The molecule has 0 aliphatic heterocycles. The smallest absolute Gasteiger partial charge is 0.245 e. The number of halogens is 2. The maximum atomic E-state index is 12.8. The number of ether oxygens (including phenoxy) is 1. The number of benzene rings is 2. The molecule has 0 aromatic heterocycles. The second-order valence-corrected chi connectivity index (χ2v) is 8.34. The number of nitrogens with one attached hydrogen (secondary N) is 1. The molecule has 2 rings (SSSR count). The fraction of sp³-hybridized carbons (Fsp3) is 0.278. The van der Waals surface area contributed by atoms with Gasteiger partial charge in [-0.15, -0.1) is 0 Å². The lowest BCUT2D eigenvalue weighted by atomic mass is 10.2. The molecule has 0 bridgehead atoms. The van der Waals surface area contributed by atoms with Gasteiger partial charge >= 0.3 is 0 Å². The number of methoxy groups -OCH3 is 1. The van der Waals surface area contributed by atoms with Crippen molar-refractivity contribution in [2.45, 2.75) is 18.4 Å². The van der Waals surface area contributed by atoms with E-state index in [0.717, 1.165) is 9.87 Å². The normalized spacial score (nSPS) is 11.4. The highest BCUT2D eigenvalue weighted by atomic mass is 35.5. The third kappa shape index (κ3) is 5.35. The maximum absolute atomic E-state index is 12.8. The summed E-state index contributed by atoms with van der Waals surface area (Å²) in [4.78, 5) is 12.2. The van der Waals surface area contributed by atoms with E-state index in [0.29, 0.717) is 5.75 Å². The van der Waals surface area contributed by atoms with Gasteiger partial charge in [0.1, 0.15) is 10.6 Å². The predicted octanol–water partition coefficient (Wildman–Crippen LogP) is 3.33. The van der Waals surface area contributed by atoms with Crippen LogP contribution in [-0.4, -0.2) is 38.8 Å². The number of carbonyl (C=O) groups is 1. The van der Waals surface area contributed by atoms with E-state index < -0.39 is 15.9 Å². The van der Waals surface area contributed by atoms with Gasteiger partial charge < -0.3 is 10.1 Å². The monoisotopic (exact) mass is 430 g/mol. The van der Waals surface area contributed by atoms with Crippen LogP contribution in [0.3, 0.4) is 0 Å². The lowest BCUT2D eigenvalue weighted by Crippen LogP contribution is -2.40. The highest BCUT2D eigenvalue weighted by molar-refractivity contribution is 7.89. The molecule has 146 valence electrons. The number of para-hydroxylation sites is 1. The second kappa shape index (κ2) is 9.41. The first kappa shape index (κ1) is 21.5. The summed E-state index contributed by atoms with van der Waals surface area (Å²) in [6.45, 7) is 1.63. The van der Waals surface area contributed by atoms with Crippen LogP contribution >= 0.6 is 23.2 Å². The van der Waals surface area contributed by atoms with Crippen LogP contribution in [0.15, 0.2) is 47.4 Å². The highest BCUT2D eigenvalue weighted by Crippen LogP contribution is 2.27. The van der Waals surface area contributed by atoms with Crippen LogP contribution in [-0.2, 0) is 21.4 Å². The fourth-order valence-corrected chi connectivity index (χ4v) is 4.58. The Morgan fingerprint density at radius 3 is 2.56 bits per heavy atom. The number of carbonyl (C=O) groups excluding carboxylic acids is 1. The molecule has 6 nitrogen and oxygen atoms in total. The topological polar surface area (TPSA) is 75.7 Å². The minimum Gasteiger partial charge on any atom is -0.496 e. The molecule has 1 amide bonds. The average molecular weight is 431 g/mol. The SMILES string of the molecule is CCN(CC(=O)NCc1ccccc1OC)S(=O)(=O)c1cc(Cl)ccc1Cl. The van der Waals surface area contributed by atoms with Gasteiger partial charge in [-0.3, -0.25) is 4.79 Å². The number of hydrogen-bond acceptors (Lipinski definition) is 4. The first-order valence-electron chi connectivity index (χ1n) is 8.13. The summed E-state index contributed by atoms with van der Waals surface area (Å²) in [6, 6.07) is 11.4. The Morgan fingerprint density at radius 1 is 1.19 bits per heavy atom. The number of amides is 1. The minimum atomic E-state index is -3.96. The van der Waals surface area contributed by atoms with Gasteiger partial charge in [0.15, 0.2) is 0 Å². The Morgan fingerprint density at radius 2 is 1.89 bits per heavy atom. The molecule has 2 aromatic carbocycles. The standard InChI is InChI=1S/C18H20Cl2N2O4S/c1-3-22(27(24,25)17-10-14(19)8-9-15(17)20)12-18(23)21-11-13-6-4-5-7-16(13)26-2/h4-10H,3,11-12H2,1-2H3,(H,21,23). The molecule has 0 fully saturated rings. The van der Waals surface area contributed by atoms with E-state index in [4.69, 9.17) is 27.9 Å². The van der Waals surface area contributed by atoms with Crippen molar-refractivity contribution >= 4 is 39.1 Å². The summed E-state index contributed by atoms with van der Waals surface area (Å²) in [6.07, 6.45) is 0. The summed E-state index contributed by atoms with van der Waals surface area (Å²) >= 11 is 11.9. The number of nitrogens with zero attached hydrogens (tertiary/aromatic N) is 1. The highest BCUT2D eigenvalue weighted by Gasteiger charge is 2.27. The minimum absolute atomic E-state index is 0.0484. The summed E-state index contributed by atoms with van der Waals surface area (Å²) < 4.78 is 31.9. The maximum Gasteiger partial charge on any atom is 0.245 e. The third-order valence-electron chi connectivity index (χ3n) is 3.85. The van der Waals surface area contributed by atoms with Crippen LogP contribution in [0, 0.1) is 0 Å². The van der Waals surface area contributed by atoms with Gasteiger partial charge in [0.25, 0.3) is 0 Å². The number of hydrogen-bond donors (Lipinski definition) is 1. The van der Waals surface area contributed by atoms with Gasteiger partial charge in [-0.05, 0) is 24.3 Å². The Bertz CT molecular complexity index is 919. The molecule has 0 heterocycles. The zero-order valence-electron chi connectivity index (χ0n) is 14.9. The predicted molar refractivity (Wildman–Crippen MR) is 106 cm³/mol. The van der Waals surface area contributed by atoms with Crippen LogP contribution in [0.2, 0.25) is 10.0 Å². The van der Waals surface area contributed by atoms with Crippen LogP contribution in [0.4, 0.5) is 0 Å². The summed E-state index contributed by atoms with van der Waals surface area (Å²) in [5.74, 6) is 0.202. The molecule has 0 saturated carbocycles. The molecule has 0 atom stereocenters. The van der Waals surface area contributed by atoms with Gasteiger partial charge in [0, 0.05) is 23.7 Å². The average Bonchev–Trinajstić information content (AvgIpc) is 2.66. The van der Waals surface area contributed by atoms with Gasteiger partial charge in [-0.1, -0.05) is 48.3 Å². The van der Waals surface area contributed by atoms with E-state index in [2.05, 4.69) is 5.32 Å². The molecular weight excluding hydrogens is 411 g/mol. The Kier molecular flexibility index (Phi) is 7.49. The largest absolute Gasteiger partial charge is 0.496 e.